The van der Waals surface area contributed by atoms with Gasteiger partial charge in [-0.15, -0.1) is 0 Å². The van der Waals surface area contributed by atoms with Gasteiger partial charge in [-0.05, 0) is 31.2 Å². The zero-order valence-corrected chi connectivity index (χ0v) is 8.17. The maximum absolute atomic E-state index is 4.01. The molecular formula is C11H13N3. The van der Waals surface area contributed by atoms with Crippen molar-refractivity contribution in [3.8, 4) is 0 Å². The highest BCUT2D eigenvalue weighted by molar-refractivity contribution is 5.43. The van der Waals surface area contributed by atoms with Crippen LogP contribution in [-0.4, -0.2) is 16.2 Å². The van der Waals surface area contributed by atoms with Crippen LogP contribution in [0.4, 0.5) is 5.69 Å². The minimum absolute atomic E-state index is 0.929. The van der Waals surface area contributed by atoms with Crippen molar-refractivity contribution < 1.29 is 0 Å². The Morgan fingerprint density at radius 3 is 2.43 bits per heavy atom. The van der Waals surface area contributed by atoms with Gasteiger partial charge in [0.15, 0.2) is 0 Å². The average molecular weight is 187 g/mol. The van der Waals surface area contributed by atoms with Crippen LogP contribution in [0.25, 0.3) is 0 Å². The predicted molar refractivity (Wildman–Crippen MR) is 57.1 cm³/mol. The molecule has 0 saturated carbocycles. The molecule has 0 N–H and O–H groups in total. The first-order valence-corrected chi connectivity index (χ1v) is 4.72. The first-order chi connectivity index (χ1) is 6.92. The molecule has 14 heavy (non-hydrogen) atoms. The number of nitrogens with zero attached hydrogens (tertiary/aromatic N) is 3. The topological polar surface area (TPSA) is 21.1 Å². The molecule has 0 aromatic carbocycles. The molecule has 0 aliphatic heterocycles. The fourth-order valence-corrected chi connectivity index (χ4v) is 1.48. The van der Waals surface area contributed by atoms with Gasteiger partial charge >= 0.3 is 0 Å². The van der Waals surface area contributed by atoms with Gasteiger partial charge in [0.2, 0.25) is 0 Å². The van der Waals surface area contributed by atoms with Crippen molar-refractivity contribution in [1.29, 1.82) is 0 Å². The molecule has 0 atom stereocenters. The molecule has 0 bridgehead atoms. The summed E-state index contributed by atoms with van der Waals surface area (Å²) >= 11 is 0. The molecule has 0 spiro atoms. The molecule has 2 heterocycles. The van der Waals surface area contributed by atoms with Crippen LogP contribution in [0.2, 0.25) is 0 Å². The Labute approximate surface area is 83.6 Å². The second-order valence-electron chi connectivity index (χ2n) is 2.98. The minimum atomic E-state index is 0.929. The van der Waals surface area contributed by atoms with Crippen molar-refractivity contribution in [2.75, 3.05) is 11.6 Å². The molecule has 0 aliphatic rings. The highest BCUT2D eigenvalue weighted by atomic mass is 15.5. The standard InChI is InChI=1S/C11H13N3/c1-2-14(13-9-3-4-10-13)11-5-7-12-8-6-11/h3-10H,2H2,1H3. The van der Waals surface area contributed by atoms with Crippen LogP contribution in [-0.2, 0) is 0 Å². The van der Waals surface area contributed by atoms with Gasteiger partial charge < -0.3 is 0 Å². The van der Waals surface area contributed by atoms with Crippen LogP contribution in [0.5, 0.6) is 0 Å². The van der Waals surface area contributed by atoms with E-state index < -0.39 is 0 Å². The molecule has 0 amide bonds. The molecule has 3 heteroatoms. The summed E-state index contributed by atoms with van der Waals surface area (Å²) in [5.74, 6) is 0. The van der Waals surface area contributed by atoms with E-state index in [0.717, 1.165) is 12.2 Å². The quantitative estimate of drug-likeness (QED) is 0.734. The maximum Gasteiger partial charge on any atom is 0.0608 e. The number of aromatic nitrogens is 2. The monoisotopic (exact) mass is 187 g/mol. The van der Waals surface area contributed by atoms with E-state index in [-0.39, 0.29) is 0 Å². The summed E-state index contributed by atoms with van der Waals surface area (Å²) < 4.78 is 2.06. The maximum atomic E-state index is 4.01. The van der Waals surface area contributed by atoms with Gasteiger partial charge in [0.1, 0.15) is 0 Å². The number of hydrogen-bond acceptors (Lipinski definition) is 2. The van der Waals surface area contributed by atoms with Crippen LogP contribution < -0.4 is 5.01 Å². The lowest BCUT2D eigenvalue weighted by Crippen LogP contribution is -2.27. The molecule has 0 radical (unpaired) electrons. The van der Waals surface area contributed by atoms with Crippen LogP contribution in [0.1, 0.15) is 6.92 Å². The van der Waals surface area contributed by atoms with Crippen LogP contribution in [0.3, 0.4) is 0 Å². The summed E-state index contributed by atoms with van der Waals surface area (Å²) in [4.78, 5) is 4.01. The van der Waals surface area contributed by atoms with Gasteiger partial charge in [-0.2, -0.15) is 0 Å². The van der Waals surface area contributed by atoms with E-state index in [4.69, 9.17) is 0 Å². The number of rotatable bonds is 3. The number of hydrogen-bond donors (Lipinski definition) is 0. The Morgan fingerprint density at radius 2 is 1.86 bits per heavy atom. The Kier molecular flexibility index (Phi) is 2.49. The molecule has 72 valence electrons. The predicted octanol–water partition coefficient (Wildman–Crippen LogP) is 2.17. The highest BCUT2D eigenvalue weighted by Gasteiger charge is 2.03. The lowest BCUT2D eigenvalue weighted by atomic mass is 10.4. The van der Waals surface area contributed by atoms with Crippen molar-refractivity contribution >= 4 is 5.69 Å². The van der Waals surface area contributed by atoms with Gasteiger partial charge in [0.05, 0.1) is 5.69 Å². The Balaban J connectivity index is 2.31. The van der Waals surface area contributed by atoms with E-state index in [1.54, 1.807) is 0 Å². The van der Waals surface area contributed by atoms with E-state index in [9.17, 15) is 0 Å². The lowest BCUT2D eigenvalue weighted by Gasteiger charge is -2.23. The molecule has 2 aromatic heterocycles. The largest absolute Gasteiger partial charge is 0.282 e. The van der Waals surface area contributed by atoms with Crippen molar-refractivity contribution in [2.45, 2.75) is 6.92 Å². The third-order valence-corrected chi connectivity index (χ3v) is 2.13. The molecule has 2 aromatic rings. The third-order valence-electron chi connectivity index (χ3n) is 2.13. The normalized spacial score (nSPS) is 10.1. The van der Waals surface area contributed by atoms with E-state index in [2.05, 4.69) is 21.6 Å². The van der Waals surface area contributed by atoms with E-state index in [0.29, 0.717) is 0 Å². The highest BCUT2D eigenvalue weighted by Crippen LogP contribution is 2.12. The van der Waals surface area contributed by atoms with Crippen molar-refractivity contribution in [3.05, 3.63) is 49.1 Å². The minimum Gasteiger partial charge on any atom is -0.282 e. The van der Waals surface area contributed by atoms with Crippen LogP contribution in [0, 0.1) is 0 Å². The van der Waals surface area contributed by atoms with Gasteiger partial charge in [-0.1, -0.05) is 0 Å². The number of pyridine rings is 1. The Morgan fingerprint density at radius 1 is 1.21 bits per heavy atom. The average Bonchev–Trinajstić information content (AvgIpc) is 2.74. The zero-order valence-electron chi connectivity index (χ0n) is 8.17. The van der Waals surface area contributed by atoms with Gasteiger partial charge in [-0.3, -0.25) is 14.7 Å². The fourth-order valence-electron chi connectivity index (χ4n) is 1.48. The van der Waals surface area contributed by atoms with Crippen LogP contribution >= 0.6 is 0 Å². The zero-order chi connectivity index (χ0) is 9.80. The second kappa shape index (κ2) is 3.96. The third kappa shape index (κ3) is 1.62. The summed E-state index contributed by atoms with van der Waals surface area (Å²) in [5, 5.41) is 2.17. The lowest BCUT2D eigenvalue weighted by molar-refractivity contribution is 0.717. The molecule has 0 aliphatic carbocycles. The van der Waals surface area contributed by atoms with E-state index in [1.165, 1.54) is 0 Å². The first-order valence-electron chi connectivity index (χ1n) is 4.72. The Hall–Kier alpha value is -1.77. The van der Waals surface area contributed by atoms with Crippen molar-refractivity contribution in [2.24, 2.45) is 0 Å². The molecule has 2 rings (SSSR count). The summed E-state index contributed by atoms with van der Waals surface area (Å²) in [5.41, 5.74) is 1.15. The molecule has 3 nitrogen and oxygen atoms in total. The summed E-state index contributed by atoms with van der Waals surface area (Å²) in [7, 11) is 0. The first kappa shape index (κ1) is 8.81. The van der Waals surface area contributed by atoms with Crippen LogP contribution in [0.15, 0.2) is 49.1 Å². The van der Waals surface area contributed by atoms with Gasteiger partial charge in [0, 0.05) is 31.3 Å². The summed E-state index contributed by atoms with van der Waals surface area (Å²) in [6, 6.07) is 8.04. The van der Waals surface area contributed by atoms with Crippen molar-refractivity contribution in [1.82, 2.24) is 9.66 Å². The van der Waals surface area contributed by atoms with Crippen molar-refractivity contribution in [3.63, 3.8) is 0 Å². The molecule has 0 fully saturated rings. The fraction of sp³-hybridized carbons (Fsp3) is 0.182. The SMILES string of the molecule is CCN(c1ccncc1)n1cccc1. The van der Waals surface area contributed by atoms with Gasteiger partial charge in [0.25, 0.3) is 0 Å². The van der Waals surface area contributed by atoms with E-state index in [1.807, 2.05) is 49.1 Å². The molecule has 0 unspecified atom stereocenters. The Bertz CT molecular complexity index is 367. The molecular weight excluding hydrogens is 174 g/mol. The molecule has 0 saturated heterocycles. The summed E-state index contributed by atoms with van der Waals surface area (Å²) in [6.45, 7) is 3.05. The van der Waals surface area contributed by atoms with Gasteiger partial charge in [-0.25, -0.2) is 0 Å². The summed E-state index contributed by atoms with van der Waals surface area (Å²) in [6.07, 6.45) is 7.68. The number of anilines is 1. The smallest absolute Gasteiger partial charge is 0.0608 e. The second-order valence-corrected chi connectivity index (χ2v) is 2.98. The van der Waals surface area contributed by atoms with E-state index >= 15 is 0 Å².